The van der Waals surface area contributed by atoms with E-state index in [1.807, 2.05) is 18.2 Å². The number of halogens is 1. The average Bonchev–Trinajstić information content (AvgIpc) is 2.91. The van der Waals surface area contributed by atoms with E-state index >= 15 is 0 Å². The number of rotatable bonds is 5. The first kappa shape index (κ1) is 14.1. The molecule has 0 bridgehead atoms. The van der Waals surface area contributed by atoms with Gasteiger partial charge in [-0.2, -0.15) is 0 Å². The predicted octanol–water partition coefficient (Wildman–Crippen LogP) is 3.82. The summed E-state index contributed by atoms with van der Waals surface area (Å²) in [6.45, 7) is 2.97. The summed E-state index contributed by atoms with van der Waals surface area (Å²) in [6.07, 6.45) is 1.14. The van der Waals surface area contributed by atoms with Gasteiger partial charge in [0.2, 0.25) is 0 Å². The largest absolute Gasteiger partial charge is 0.495 e. The molecule has 0 fully saturated rings. The summed E-state index contributed by atoms with van der Waals surface area (Å²) in [7, 11) is 1.62. The van der Waals surface area contributed by atoms with Gasteiger partial charge in [-0.05, 0) is 36.2 Å². The number of hydrogen-bond donors (Lipinski definition) is 1. The Bertz CT molecular complexity index is 630. The second-order valence-corrected chi connectivity index (χ2v) is 5.55. The highest BCUT2D eigenvalue weighted by atomic mass is 35.5. The molecule has 0 radical (unpaired) electrons. The Morgan fingerprint density at radius 1 is 1.24 bits per heavy atom. The van der Waals surface area contributed by atoms with Gasteiger partial charge in [-0.1, -0.05) is 29.8 Å². The molecular weight excluding hydrogens is 284 g/mol. The topological polar surface area (TPSA) is 24.5 Å². The molecule has 0 unspecified atom stereocenters. The summed E-state index contributed by atoms with van der Waals surface area (Å²) in [4.78, 5) is 2.42. The van der Waals surface area contributed by atoms with Gasteiger partial charge < -0.3 is 15.0 Å². The van der Waals surface area contributed by atoms with Crippen LogP contribution in [0.1, 0.15) is 5.56 Å². The van der Waals surface area contributed by atoms with Crippen molar-refractivity contribution >= 4 is 23.0 Å². The minimum atomic E-state index is 0.633. The van der Waals surface area contributed by atoms with Crippen LogP contribution in [0.3, 0.4) is 0 Å². The summed E-state index contributed by atoms with van der Waals surface area (Å²) in [5.74, 6) is 0.704. The van der Waals surface area contributed by atoms with E-state index in [1.165, 1.54) is 11.3 Å². The molecule has 0 aromatic heterocycles. The second kappa shape index (κ2) is 6.27. The number of methoxy groups -OCH3 is 1. The van der Waals surface area contributed by atoms with E-state index in [2.05, 4.69) is 34.5 Å². The zero-order chi connectivity index (χ0) is 14.7. The highest BCUT2D eigenvalue weighted by molar-refractivity contribution is 6.32. The van der Waals surface area contributed by atoms with Crippen molar-refractivity contribution in [2.75, 3.05) is 37.0 Å². The Hall–Kier alpha value is -1.87. The van der Waals surface area contributed by atoms with Crippen molar-refractivity contribution in [3.05, 3.63) is 53.1 Å². The number of fused-ring (bicyclic) bond motifs is 1. The summed E-state index contributed by atoms with van der Waals surface area (Å²) >= 11 is 6.13. The van der Waals surface area contributed by atoms with Crippen LogP contribution in [0.15, 0.2) is 42.5 Å². The van der Waals surface area contributed by atoms with Gasteiger partial charge in [-0.25, -0.2) is 0 Å². The molecule has 110 valence electrons. The van der Waals surface area contributed by atoms with E-state index in [0.29, 0.717) is 10.8 Å². The van der Waals surface area contributed by atoms with Gasteiger partial charge >= 0.3 is 0 Å². The minimum absolute atomic E-state index is 0.633. The van der Waals surface area contributed by atoms with Gasteiger partial charge in [0, 0.05) is 31.0 Å². The maximum atomic E-state index is 6.13. The number of para-hydroxylation sites is 1. The van der Waals surface area contributed by atoms with Gasteiger partial charge in [0.15, 0.2) is 0 Å². The fraction of sp³-hybridized carbons (Fsp3) is 0.294. The molecule has 3 nitrogen and oxygen atoms in total. The third-order valence-electron chi connectivity index (χ3n) is 3.85. The summed E-state index contributed by atoms with van der Waals surface area (Å²) in [6, 6.07) is 14.4. The van der Waals surface area contributed by atoms with E-state index in [0.717, 1.165) is 31.7 Å². The molecule has 1 N–H and O–H groups in total. The molecule has 0 spiro atoms. The monoisotopic (exact) mass is 302 g/mol. The summed E-state index contributed by atoms with van der Waals surface area (Å²) in [5.41, 5.74) is 3.84. The van der Waals surface area contributed by atoms with Gasteiger partial charge in [0.25, 0.3) is 0 Å². The first-order valence-corrected chi connectivity index (χ1v) is 7.56. The van der Waals surface area contributed by atoms with Crippen LogP contribution in [-0.4, -0.2) is 26.7 Å². The molecule has 1 aliphatic rings. The van der Waals surface area contributed by atoms with Crippen LogP contribution >= 0.6 is 11.6 Å². The minimum Gasteiger partial charge on any atom is -0.495 e. The Morgan fingerprint density at radius 2 is 2.10 bits per heavy atom. The Kier molecular flexibility index (Phi) is 4.20. The number of nitrogens with one attached hydrogen (secondary N) is 1. The lowest BCUT2D eigenvalue weighted by molar-refractivity contribution is 0.415. The lowest BCUT2D eigenvalue weighted by Crippen LogP contribution is -2.27. The fourth-order valence-electron chi connectivity index (χ4n) is 2.75. The number of ether oxygens (including phenoxy) is 1. The molecule has 0 saturated heterocycles. The normalized spacial score (nSPS) is 13.1. The van der Waals surface area contributed by atoms with Crippen molar-refractivity contribution in [3.8, 4) is 5.75 Å². The van der Waals surface area contributed by atoms with Crippen LogP contribution in [0.2, 0.25) is 5.02 Å². The molecule has 2 aromatic carbocycles. The first-order valence-electron chi connectivity index (χ1n) is 7.18. The SMILES string of the molecule is COc1ccc(NCCN2CCc3ccccc32)cc1Cl. The number of benzene rings is 2. The maximum Gasteiger partial charge on any atom is 0.137 e. The average molecular weight is 303 g/mol. The smallest absolute Gasteiger partial charge is 0.137 e. The van der Waals surface area contributed by atoms with E-state index < -0.39 is 0 Å². The summed E-state index contributed by atoms with van der Waals surface area (Å²) in [5, 5.41) is 4.05. The van der Waals surface area contributed by atoms with Crippen LogP contribution in [0.25, 0.3) is 0 Å². The Balaban J connectivity index is 1.56. The molecule has 0 aliphatic carbocycles. The molecule has 1 aliphatic heterocycles. The van der Waals surface area contributed by atoms with Crippen molar-refractivity contribution < 1.29 is 4.74 Å². The lowest BCUT2D eigenvalue weighted by atomic mass is 10.2. The van der Waals surface area contributed by atoms with Crippen LogP contribution in [0, 0.1) is 0 Å². The zero-order valence-corrected chi connectivity index (χ0v) is 12.9. The van der Waals surface area contributed by atoms with Gasteiger partial charge in [0.05, 0.1) is 12.1 Å². The van der Waals surface area contributed by atoms with Crippen molar-refractivity contribution in [1.82, 2.24) is 0 Å². The Morgan fingerprint density at radius 3 is 2.90 bits per heavy atom. The molecule has 1 heterocycles. The standard InChI is InChI=1S/C17H19ClN2O/c1-21-17-7-6-14(12-15(17)18)19-9-11-20-10-8-13-4-2-3-5-16(13)20/h2-7,12,19H,8-11H2,1H3. The molecule has 2 aromatic rings. The van der Waals surface area contributed by atoms with E-state index in [9.17, 15) is 0 Å². The number of nitrogens with zero attached hydrogens (tertiary/aromatic N) is 1. The summed E-state index contributed by atoms with van der Waals surface area (Å²) < 4.78 is 5.16. The van der Waals surface area contributed by atoms with E-state index in [4.69, 9.17) is 16.3 Å². The molecular formula is C17H19ClN2O. The van der Waals surface area contributed by atoms with E-state index in [1.54, 1.807) is 7.11 Å². The maximum absolute atomic E-state index is 6.13. The van der Waals surface area contributed by atoms with Gasteiger partial charge in [-0.15, -0.1) is 0 Å². The third kappa shape index (κ3) is 3.08. The van der Waals surface area contributed by atoms with Crippen LogP contribution in [0.4, 0.5) is 11.4 Å². The molecule has 0 amide bonds. The molecule has 4 heteroatoms. The number of hydrogen-bond acceptors (Lipinski definition) is 3. The van der Waals surface area contributed by atoms with E-state index in [-0.39, 0.29) is 0 Å². The zero-order valence-electron chi connectivity index (χ0n) is 12.1. The second-order valence-electron chi connectivity index (χ2n) is 5.14. The Labute approximate surface area is 130 Å². The van der Waals surface area contributed by atoms with Crippen LogP contribution < -0.4 is 15.0 Å². The molecule has 3 rings (SSSR count). The predicted molar refractivity (Wildman–Crippen MR) is 88.9 cm³/mol. The van der Waals surface area contributed by atoms with Crippen molar-refractivity contribution in [3.63, 3.8) is 0 Å². The van der Waals surface area contributed by atoms with Crippen LogP contribution in [-0.2, 0) is 6.42 Å². The molecule has 21 heavy (non-hydrogen) atoms. The van der Waals surface area contributed by atoms with Crippen molar-refractivity contribution in [2.45, 2.75) is 6.42 Å². The molecule has 0 atom stereocenters. The van der Waals surface area contributed by atoms with Crippen molar-refractivity contribution in [2.24, 2.45) is 0 Å². The van der Waals surface area contributed by atoms with Crippen molar-refractivity contribution in [1.29, 1.82) is 0 Å². The molecule has 0 saturated carbocycles. The number of anilines is 2. The fourth-order valence-corrected chi connectivity index (χ4v) is 3.01. The van der Waals surface area contributed by atoms with Crippen LogP contribution in [0.5, 0.6) is 5.75 Å². The highest BCUT2D eigenvalue weighted by Gasteiger charge is 2.17. The quantitative estimate of drug-likeness (QED) is 0.908. The van der Waals surface area contributed by atoms with Gasteiger partial charge in [-0.3, -0.25) is 0 Å². The third-order valence-corrected chi connectivity index (χ3v) is 4.14. The first-order chi connectivity index (χ1) is 10.3. The highest BCUT2D eigenvalue weighted by Crippen LogP contribution is 2.28. The lowest BCUT2D eigenvalue weighted by Gasteiger charge is -2.20. The van der Waals surface area contributed by atoms with Gasteiger partial charge in [0.1, 0.15) is 5.75 Å².